The number of carbonyl (C=O) groups is 1. The van der Waals surface area contributed by atoms with Gasteiger partial charge in [0.2, 0.25) is 5.96 Å². The highest BCUT2D eigenvalue weighted by molar-refractivity contribution is 8.00. The van der Waals surface area contributed by atoms with E-state index in [1.807, 2.05) is 74.5 Å². The van der Waals surface area contributed by atoms with Gasteiger partial charge in [-0.05, 0) is 22.9 Å². The van der Waals surface area contributed by atoms with Gasteiger partial charge in [-0.25, -0.2) is 9.56 Å². The topological polar surface area (TPSA) is 148 Å². The van der Waals surface area contributed by atoms with Crippen LogP contribution in [0.2, 0.25) is 0 Å². The average Bonchev–Trinajstić information content (AvgIpc) is 3.38. The molecule has 3 aromatic carbocycles. The molecule has 5 atom stereocenters. The third kappa shape index (κ3) is 7.69. The van der Waals surface area contributed by atoms with Crippen LogP contribution in [0.15, 0.2) is 95.2 Å². The first kappa shape index (κ1) is 31.7. The number of esters is 1. The smallest absolute Gasteiger partial charge is 0.459 e. The molecule has 44 heavy (non-hydrogen) atoms. The molecule has 1 fully saturated rings. The van der Waals surface area contributed by atoms with Crippen molar-refractivity contribution in [2.75, 3.05) is 6.61 Å². The van der Waals surface area contributed by atoms with E-state index in [4.69, 9.17) is 19.5 Å². The number of nitrogens with zero attached hydrogens (tertiary/aromatic N) is 3. The van der Waals surface area contributed by atoms with Crippen molar-refractivity contribution in [2.24, 2.45) is 21.6 Å². The van der Waals surface area contributed by atoms with Crippen LogP contribution >= 0.6 is 19.5 Å². The molecule has 5 rings (SSSR count). The fourth-order valence-electron chi connectivity index (χ4n) is 4.81. The standard InChI is InChI=1S/C31H36N5O6PS/c1-20(2)29(30(38)40-17-22-10-5-4-6-11-22)35-43(39,42-26-15-9-13-23-12-7-8-14-24(23)26)41-18-27-25(37)16-28(44-27)36-19-33-31(32)34-21(36)3/h4-15,19-20,25,27-29,37H,3,16-18H2,1-2H3,(H2,32,34)(H,35,39)/t25-,27-,28-,29+,43?/m1/s1. The number of aliphatic hydroxyl groups excluding tert-OH is 1. The molecule has 232 valence electrons. The summed E-state index contributed by atoms with van der Waals surface area (Å²) >= 11 is 1.41. The number of aliphatic imine (C=N–C) groups is 2. The number of carbonyl (C=O) groups excluding carboxylic acids is 1. The fraction of sp³-hybridized carbons (Fsp3) is 0.323. The highest BCUT2D eigenvalue weighted by Gasteiger charge is 2.42. The van der Waals surface area contributed by atoms with Gasteiger partial charge in [0.15, 0.2) is 0 Å². The quantitative estimate of drug-likeness (QED) is 0.183. The minimum Gasteiger partial charge on any atom is -0.460 e. The largest absolute Gasteiger partial charge is 0.460 e. The van der Waals surface area contributed by atoms with E-state index in [0.717, 1.165) is 16.3 Å². The molecule has 2 aliphatic heterocycles. The maximum atomic E-state index is 14.5. The van der Waals surface area contributed by atoms with Crippen LogP contribution in [0.4, 0.5) is 0 Å². The third-order valence-corrected chi connectivity index (χ3v) is 10.2. The first-order valence-corrected chi connectivity index (χ1v) is 16.7. The number of benzene rings is 3. The minimum absolute atomic E-state index is 0.0625. The second-order valence-electron chi connectivity index (χ2n) is 10.8. The summed E-state index contributed by atoms with van der Waals surface area (Å²) in [5.41, 5.74) is 6.49. The van der Waals surface area contributed by atoms with E-state index in [-0.39, 0.29) is 30.5 Å². The first-order valence-electron chi connectivity index (χ1n) is 14.2. The molecule has 2 heterocycles. The normalized spacial score (nSPS) is 22.1. The van der Waals surface area contributed by atoms with Gasteiger partial charge in [-0.2, -0.15) is 10.1 Å². The van der Waals surface area contributed by atoms with Gasteiger partial charge >= 0.3 is 13.7 Å². The molecule has 11 nitrogen and oxygen atoms in total. The van der Waals surface area contributed by atoms with Crippen LogP contribution < -0.4 is 15.3 Å². The lowest BCUT2D eigenvalue weighted by Gasteiger charge is -2.28. The van der Waals surface area contributed by atoms with Gasteiger partial charge in [-0.1, -0.05) is 87.2 Å². The monoisotopic (exact) mass is 637 g/mol. The van der Waals surface area contributed by atoms with Gasteiger partial charge in [0.05, 0.1) is 23.3 Å². The summed E-state index contributed by atoms with van der Waals surface area (Å²) in [6.07, 6.45) is 1.10. The number of thioether (sulfide) groups is 1. The lowest BCUT2D eigenvalue weighted by molar-refractivity contribution is -0.148. The summed E-state index contributed by atoms with van der Waals surface area (Å²) in [6.45, 7) is 7.47. The van der Waals surface area contributed by atoms with Crippen molar-refractivity contribution in [1.29, 1.82) is 0 Å². The van der Waals surface area contributed by atoms with Crippen molar-refractivity contribution in [3.05, 3.63) is 90.8 Å². The van der Waals surface area contributed by atoms with Gasteiger partial charge in [-0.3, -0.25) is 9.32 Å². The number of rotatable bonds is 12. The SMILES string of the molecule is C=C1N=C(N)N=CN1[C@H]1C[C@@H](O)[C@@H](COP(=O)(N[C@H](C(=O)OCc2ccccc2)C(C)C)Oc2cccc3ccccc23)S1. The molecule has 0 amide bonds. The Kier molecular flexibility index (Phi) is 10.1. The van der Waals surface area contributed by atoms with Crippen LogP contribution in [0.25, 0.3) is 10.8 Å². The summed E-state index contributed by atoms with van der Waals surface area (Å²) in [4.78, 5) is 23.1. The highest BCUT2D eigenvalue weighted by atomic mass is 32.2. The molecule has 2 aliphatic rings. The zero-order chi connectivity index (χ0) is 31.3. The number of hydrogen-bond acceptors (Lipinski definition) is 11. The van der Waals surface area contributed by atoms with Crippen LogP contribution in [0.3, 0.4) is 0 Å². The van der Waals surface area contributed by atoms with Crippen LogP contribution in [0.5, 0.6) is 5.75 Å². The van der Waals surface area contributed by atoms with Gasteiger partial charge in [0.1, 0.15) is 30.6 Å². The Hall–Kier alpha value is -3.67. The lowest BCUT2D eigenvalue weighted by Crippen LogP contribution is -2.42. The van der Waals surface area contributed by atoms with Gasteiger partial charge in [0, 0.05) is 11.8 Å². The highest BCUT2D eigenvalue weighted by Crippen LogP contribution is 2.49. The van der Waals surface area contributed by atoms with Crippen LogP contribution in [0.1, 0.15) is 25.8 Å². The molecule has 0 saturated carbocycles. The van der Waals surface area contributed by atoms with E-state index in [2.05, 4.69) is 21.7 Å². The van der Waals surface area contributed by atoms with E-state index in [9.17, 15) is 14.5 Å². The fourth-order valence-corrected chi connectivity index (χ4v) is 8.07. The third-order valence-electron chi connectivity index (χ3n) is 7.19. The summed E-state index contributed by atoms with van der Waals surface area (Å²) < 4.78 is 32.3. The van der Waals surface area contributed by atoms with E-state index in [0.29, 0.717) is 18.0 Å². The average molecular weight is 638 g/mol. The van der Waals surface area contributed by atoms with Crippen molar-refractivity contribution in [3.63, 3.8) is 0 Å². The van der Waals surface area contributed by atoms with Crippen molar-refractivity contribution in [2.45, 2.75) is 49.6 Å². The maximum Gasteiger partial charge on any atom is 0.459 e. The first-order chi connectivity index (χ1) is 21.1. The Morgan fingerprint density at radius 2 is 1.89 bits per heavy atom. The number of nitrogens with one attached hydrogen (secondary N) is 1. The Balaban J connectivity index is 1.35. The van der Waals surface area contributed by atoms with Crippen molar-refractivity contribution in [1.82, 2.24) is 9.99 Å². The van der Waals surface area contributed by atoms with Crippen molar-refractivity contribution >= 4 is 48.5 Å². The van der Waals surface area contributed by atoms with Crippen molar-refractivity contribution in [3.8, 4) is 5.75 Å². The number of fused-ring (bicyclic) bond motifs is 1. The van der Waals surface area contributed by atoms with E-state index in [1.165, 1.54) is 18.1 Å². The van der Waals surface area contributed by atoms with Gasteiger partial charge in [-0.15, -0.1) is 11.8 Å². The molecule has 1 saturated heterocycles. The van der Waals surface area contributed by atoms with Crippen LogP contribution in [-0.4, -0.2) is 57.7 Å². The minimum atomic E-state index is -4.23. The Morgan fingerprint density at radius 3 is 2.64 bits per heavy atom. The molecule has 1 unspecified atom stereocenters. The molecule has 0 radical (unpaired) electrons. The Morgan fingerprint density at radius 1 is 1.16 bits per heavy atom. The molecule has 3 aromatic rings. The number of hydrogen-bond donors (Lipinski definition) is 3. The molecule has 0 aliphatic carbocycles. The molecule has 0 aromatic heterocycles. The van der Waals surface area contributed by atoms with Gasteiger partial charge < -0.3 is 25.0 Å². The Bertz CT molecular complexity index is 1600. The van der Waals surface area contributed by atoms with Gasteiger partial charge in [0.25, 0.3) is 0 Å². The van der Waals surface area contributed by atoms with E-state index < -0.39 is 31.1 Å². The zero-order valence-corrected chi connectivity index (χ0v) is 26.2. The lowest BCUT2D eigenvalue weighted by atomic mass is 10.1. The second-order valence-corrected chi connectivity index (χ2v) is 13.9. The molecule has 0 spiro atoms. The van der Waals surface area contributed by atoms with E-state index in [1.54, 1.807) is 17.0 Å². The second kappa shape index (κ2) is 14.0. The Labute approximate surface area is 260 Å². The van der Waals surface area contributed by atoms with Crippen LogP contribution in [0, 0.1) is 5.92 Å². The molecular formula is C31H36N5O6PS. The van der Waals surface area contributed by atoms with Crippen molar-refractivity contribution < 1.29 is 28.3 Å². The zero-order valence-electron chi connectivity index (χ0n) is 24.5. The summed E-state index contributed by atoms with van der Waals surface area (Å²) in [5, 5.41) is 14.7. The predicted molar refractivity (Wildman–Crippen MR) is 173 cm³/mol. The maximum absolute atomic E-state index is 14.5. The predicted octanol–water partition coefficient (Wildman–Crippen LogP) is 5.02. The summed E-state index contributed by atoms with van der Waals surface area (Å²) in [6, 6.07) is 21.2. The summed E-state index contributed by atoms with van der Waals surface area (Å²) in [7, 11) is -4.23. The van der Waals surface area contributed by atoms with Crippen LogP contribution in [-0.2, 0) is 25.2 Å². The number of aliphatic hydroxyl groups is 1. The number of ether oxygens (including phenoxy) is 1. The molecule has 13 heteroatoms. The number of nitrogens with two attached hydrogens (primary N) is 1. The molecular weight excluding hydrogens is 601 g/mol. The number of guanidine groups is 1. The molecule has 4 N–H and O–H groups in total. The summed E-state index contributed by atoms with van der Waals surface area (Å²) in [5.74, 6) is -0.0712. The molecule has 0 bridgehead atoms. The van der Waals surface area contributed by atoms with E-state index >= 15 is 0 Å².